The van der Waals surface area contributed by atoms with Crippen molar-refractivity contribution in [2.24, 2.45) is 23.7 Å². The zero-order valence-electron chi connectivity index (χ0n) is 12.4. The van der Waals surface area contributed by atoms with E-state index in [-0.39, 0.29) is 0 Å². The normalized spacial score (nSPS) is 38.3. The first-order valence-electron chi connectivity index (χ1n) is 8.89. The molecule has 0 radical (unpaired) electrons. The van der Waals surface area contributed by atoms with Crippen molar-refractivity contribution in [2.75, 3.05) is 0 Å². The number of hydrogen-bond acceptors (Lipinski definition) is 1. The summed E-state index contributed by atoms with van der Waals surface area (Å²) in [5, 5.41) is 0. The van der Waals surface area contributed by atoms with E-state index in [2.05, 4.69) is 0 Å². The lowest BCUT2D eigenvalue weighted by Crippen LogP contribution is -2.37. The van der Waals surface area contributed by atoms with Gasteiger partial charge in [0.2, 0.25) is 0 Å². The molecule has 0 aromatic heterocycles. The van der Waals surface area contributed by atoms with Crippen LogP contribution in [0.1, 0.15) is 83.5 Å². The Bertz CT molecular complexity index is 303. The molecule has 0 heterocycles. The molecule has 0 spiro atoms. The largest absolute Gasteiger partial charge is 0.299 e. The molecule has 0 saturated heterocycles. The lowest BCUT2D eigenvalue weighted by molar-refractivity contribution is -0.128. The summed E-state index contributed by atoms with van der Waals surface area (Å²) in [6.07, 6.45) is 17.5. The molecule has 108 valence electrons. The van der Waals surface area contributed by atoms with Gasteiger partial charge in [-0.1, -0.05) is 51.4 Å². The van der Waals surface area contributed by atoms with Crippen molar-refractivity contribution >= 4 is 5.78 Å². The van der Waals surface area contributed by atoms with E-state index in [0.29, 0.717) is 11.7 Å². The summed E-state index contributed by atoms with van der Waals surface area (Å²) in [7, 11) is 0. The average molecular weight is 262 g/mol. The summed E-state index contributed by atoms with van der Waals surface area (Å²) in [5.41, 5.74) is 0. The second-order valence-electron chi connectivity index (χ2n) is 7.33. The predicted molar refractivity (Wildman–Crippen MR) is 79.0 cm³/mol. The first-order valence-corrected chi connectivity index (χ1v) is 8.89. The monoisotopic (exact) mass is 262 g/mol. The highest BCUT2D eigenvalue weighted by molar-refractivity contribution is 5.81. The molecule has 0 N–H and O–H groups in total. The van der Waals surface area contributed by atoms with Crippen LogP contribution in [-0.4, -0.2) is 5.78 Å². The summed E-state index contributed by atoms with van der Waals surface area (Å²) >= 11 is 0. The Kier molecular flexibility index (Phi) is 4.61. The summed E-state index contributed by atoms with van der Waals surface area (Å²) in [4.78, 5) is 12.3. The van der Waals surface area contributed by atoms with Gasteiger partial charge in [0, 0.05) is 12.3 Å². The van der Waals surface area contributed by atoms with Gasteiger partial charge in [-0.05, 0) is 43.4 Å². The third-order valence-electron chi connectivity index (χ3n) is 6.25. The molecule has 1 nitrogen and oxygen atoms in total. The van der Waals surface area contributed by atoms with Crippen molar-refractivity contribution < 1.29 is 4.79 Å². The van der Waals surface area contributed by atoms with Gasteiger partial charge in [-0.25, -0.2) is 0 Å². The Morgan fingerprint density at radius 1 is 0.632 bits per heavy atom. The van der Waals surface area contributed by atoms with Gasteiger partial charge in [0.25, 0.3) is 0 Å². The van der Waals surface area contributed by atoms with Crippen molar-refractivity contribution in [3.05, 3.63) is 0 Å². The van der Waals surface area contributed by atoms with Gasteiger partial charge < -0.3 is 0 Å². The van der Waals surface area contributed by atoms with Gasteiger partial charge in [-0.3, -0.25) is 4.79 Å². The highest BCUT2D eigenvalue weighted by Gasteiger charge is 2.39. The number of hydrogen-bond donors (Lipinski definition) is 0. The number of carbonyl (C=O) groups excluding carboxylic acids is 1. The Balaban J connectivity index is 1.70. The molecule has 3 rings (SSSR count). The molecule has 0 bridgehead atoms. The fraction of sp³-hybridized carbons (Fsp3) is 0.944. The van der Waals surface area contributed by atoms with Gasteiger partial charge in [-0.2, -0.15) is 0 Å². The minimum Gasteiger partial charge on any atom is -0.299 e. The van der Waals surface area contributed by atoms with Gasteiger partial charge in [0.1, 0.15) is 5.78 Å². The van der Waals surface area contributed by atoms with E-state index in [9.17, 15) is 4.79 Å². The first kappa shape index (κ1) is 13.6. The molecule has 0 aromatic rings. The van der Waals surface area contributed by atoms with Crippen molar-refractivity contribution in [1.82, 2.24) is 0 Å². The summed E-state index contributed by atoms with van der Waals surface area (Å²) in [6, 6.07) is 0. The van der Waals surface area contributed by atoms with Crippen LogP contribution in [0.3, 0.4) is 0 Å². The maximum absolute atomic E-state index is 12.3. The van der Waals surface area contributed by atoms with E-state index in [1.807, 2.05) is 0 Å². The van der Waals surface area contributed by atoms with Gasteiger partial charge in [0.15, 0.2) is 0 Å². The van der Waals surface area contributed by atoms with Crippen LogP contribution in [0.2, 0.25) is 0 Å². The topological polar surface area (TPSA) is 17.1 Å². The van der Waals surface area contributed by atoms with E-state index >= 15 is 0 Å². The summed E-state index contributed by atoms with van der Waals surface area (Å²) in [6.45, 7) is 0. The quantitative estimate of drug-likeness (QED) is 0.674. The summed E-state index contributed by atoms with van der Waals surface area (Å²) in [5.74, 6) is 3.72. The Hall–Kier alpha value is -0.330. The third kappa shape index (κ3) is 3.06. The lowest BCUT2D eigenvalue weighted by atomic mass is 9.62. The second-order valence-corrected chi connectivity index (χ2v) is 7.33. The van der Waals surface area contributed by atoms with Crippen molar-refractivity contribution in [1.29, 1.82) is 0 Å². The third-order valence-corrected chi connectivity index (χ3v) is 6.25. The van der Waals surface area contributed by atoms with Crippen LogP contribution >= 0.6 is 0 Å². The highest BCUT2D eigenvalue weighted by Crippen LogP contribution is 2.46. The Morgan fingerprint density at radius 2 is 1.26 bits per heavy atom. The van der Waals surface area contributed by atoms with Gasteiger partial charge in [-0.15, -0.1) is 0 Å². The lowest BCUT2D eigenvalue weighted by Gasteiger charge is -2.43. The fourth-order valence-corrected chi connectivity index (χ4v) is 5.30. The number of carbonyl (C=O) groups is 1. The van der Waals surface area contributed by atoms with Crippen molar-refractivity contribution in [2.45, 2.75) is 83.5 Å². The maximum atomic E-state index is 12.3. The standard InChI is InChI=1S/C18H30O/c19-18-13-7-6-12-17(18)16-11-5-4-10-15(16)14-8-2-1-3-9-14/h14-17H,1-13H2. The molecule has 3 unspecified atom stereocenters. The first-order chi connectivity index (χ1) is 9.36. The molecule has 0 aliphatic heterocycles. The van der Waals surface area contributed by atoms with Crippen LogP contribution in [0.25, 0.3) is 0 Å². The van der Waals surface area contributed by atoms with Gasteiger partial charge in [0.05, 0.1) is 0 Å². The minimum absolute atomic E-state index is 0.459. The molecule has 3 aliphatic carbocycles. The summed E-state index contributed by atoms with van der Waals surface area (Å²) < 4.78 is 0. The van der Waals surface area contributed by atoms with E-state index < -0.39 is 0 Å². The zero-order valence-corrected chi connectivity index (χ0v) is 12.4. The SMILES string of the molecule is O=C1CCCCC1C1CCCCC1C1CCCCC1. The Labute approximate surface area is 118 Å². The molecule has 0 amide bonds. The van der Waals surface area contributed by atoms with Crippen LogP contribution in [-0.2, 0) is 4.79 Å². The molecular weight excluding hydrogens is 232 g/mol. The molecule has 0 aromatic carbocycles. The average Bonchev–Trinajstić information content (AvgIpc) is 2.49. The maximum Gasteiger partial charge on any atom is 0.136 e. The molecule has 19 heavy (non-hydrogen) atoms. The van der Waals surface area contributed by atoms with Crippen molar-refractivity contribution in [3.63, 3.8) is 0 Å². The van der Waals surface area contributed by atoms with Crippen LogP contribution in [0.15, 0.2) is 0 Å². The van der Waals surface area contributed by atoms with Crippen LogP contribution in [0.5, 0.6) is 0 Å². The smallest absolute Gasteiger partial charge is 0.136 e. The Morgan fingerprint density at radius 3 is 2.00 bits per heavy atom. The van der Waals surface area contributed by atoms with Crippen LogP contribution in [0, 0.1) is 23.7 Å². The zero-order chi connectivity index (χ0) is 13.1. The van der Waals surface area contributed by atoms with E-state index in [1.54, 1.807) is 0 Å². The molecule has 1 heteroatoms. The van der Waals surface area contributed by atoms with Crippen LogP contribution < -0.4 is 0 Å². The molecular formula is C18H30O. The predicted octanol–water partition coefficient (Wildman–Crippen LogP) is 5.13. The number of Topliss-reactive ketones (excluding diaryl/α,β-unsaturated/α-hetero) is 1. The minimum atomic E-state index is 0.459. The van der Waals surface area contributed by atoms with Crippen molar-refractivity contribution in [3.8, 4) is 0 Å². The van der Waals surface area contributed by atoms with E-state index in [1.165, 1.54) is 70.6 Å². The number of rotatable bonds is 2. The van der Waals surface area contributed by atoms with E-state index in [0.717, 1.165) is 30.6 Å². The fourth-order valence-electron chi connectivity index (χ4n) is 5.30. The second kappa shape index (κ2) is 6.41. The molecule has 3 saturated carbocycles. The van der Waals surface area contributed by atoms with E-state index in [4.69, 9.17) is 0 Å². The molecule has 3 fully saturated rings. The molecule has 3 atom stereocenters. The molecule has 3 aliphatic rings. The highest BCUT2D eigenvalue weighted by atomic mass is 16.1. The van der Waals surface area contributed by atoms with Crippen LogP contribution in [0.4, 0.5) is 0 Å². The van der Waals surface area contributed by atoms with Gasteiger partial charge >= 0.3 is 0 Å². The number of ketones is 1.